The number of hydrogen-bond acceptors (Lipinski definition) is 3. The lowest BCUT2D eigenvalue weighted by Crippen LogP contribution is -2.42. The van der Waals surface area contributed by atoms with Crippen molar-refractivity contribution in [2.24, 2.45) is 5.92 Å². The van der Waals surface area contributed by atoms with Gasteiger partial charge in [0.05, 0.1) is 6.26 Å². The predicted molar refractivity (Wildman–Crippen MR) is 82.0 cm³/mol. The molecule has 0 amide bonds. The van der Waals surface area contributed by atoms with Crippen molar-refractivity contribution in [1.29, 1.82) is 0 Å². The Morgan fingerprint density at radius 3 is 2.67 bits per heavy atom. The van der Waals surface area contributed by atoms with Crippen LogP contribution < -0.4 is 5.32 Å². The third-order valence-electron chi connectivity index (χ3n) is 4.03. The molecule has 1 aromatic carbocycles. The molecule has 0 saturated carbocycles. The summed E-state index contributed by atoms with van der Waals surface area (Å²) in [6.07, 6.45) is 3.21. The van der Waals surface area contributed by atoms with Crippen LogP contribution >= 0.6 is 0 Å². The standard InChI is InChI=1S/C15H23FN2O2S/c1-12(14-5-7-15(16)8-6-14)17-10-13-4-3-9-18(11-13)21(2,19)20/h5-8,12-13,17H,3-4,9-11H2,1-2H3/t12-,13?/m1/s1. The average Bonchev–Trinajstić information content (AvgIpc) is 2.45. The number of halogens is 1. The van der Waals surface area contributed by atoms with Crippen molar-refractivity contribution in [3.05, 3.63) is 35.6 Å². The number of nitrogens with zero attached hydrogens (tertiary/aromatic N) is 1. The quantitative estimate of drug-likeness (QED) is 0.906. The molecule has 6 heteroatoms. The van der Waals surface area contributed by atoms with Crippen molar-refractivity contribution < 1.29 is 12.8 Å². The minimum atomic E-state index is -3.09. The summed E-state index contributed by atoms with van der Waals surface area (Å²) >= 11 is 0. The van der Waals surface area contributed by atoms with Gasteiger partial charge in [0.2, 0.25) is 10.0 Å². The smallest absolute Gasteiger partial charge is 0.211 e. The molecule has 21 heavy (non-hydrogen) atoms. The monoisotopic (exact) mass is 314 g/mol. The average molecular weight is 314 g/mol. The van der Waals surface area contributed by atoms with E-state index < -0.39 is 10.0 Å². The first-order valence-corrected chi connectivity index (χ1v) is 9.15. The molecular formula is C15H23FN2O2S. The zero-order valence-corrected chi connectivity index (χ0v) is 13.4. The normalized spacial score (nSPS) is 22.1. The highest BCUT2D eigenvalue weighted by Crippen LogP contribution is 2.19. The Labute approximate surface area is 126 Å². The molecule has 1 unspecified atom stereocenters. The highest BCUT2D eigenvalue weighted by molar-refractivity contribution is 7.88. The Balaban J connectivity index is 1.86. The highest BCUT2D eigenvalue weighted by Gasteiger charge is 2.25. The van der Waals surface area contributed by atoms with E-state index in [2.05, 4.69) is 5.32 Å². The first-order valence-electron chi connectivity index (χ1n) is 7.30. The van der Waals surface area contributed by atoms with Gasteiger partial charge in [-0.3, -0.25) is 0 Å². The lowest BCUT2D eigenvalue weighted by atomic mass is 9.99. The van der Waals surface area contributed by atoms with E-state index in [-0.39, 0.29) is 11.9 Å². The Bertz CT molecular complexity index is 560. The van der Waals surface area contributed by atoms with Crippen LogP contribution in [-0.4, -0.2) is 38.6 Å². The minimum absolute atomic E-state index is 0.124. The van der Waals surface area contributed by atoms with Gasteiger partial charge in [-0.15, -0.1) is 0 Å². The van der Waals surface area contributed by atoms with Crippen molar-refractivity contribution in [1.82, 2.24) is 9.62 Å². The first-order chi connectivity index (χ1) is 9.86. The molecule has 1 saturated heterocycles. The SMILES string of the molecule is C[C@@H](NCC1CCCN(S(C)(=O)=O)C1)c1ccc(F)cc1. The highest BCUT2D eigenvalue weighted by atomic mass is 32.2. The van der Waals surface area contributed by atoms with Gasteiger partial charge in [-0.2, -0.15) is 0 Å². The third kappa shape index (κ3) is 4.76. The second kappa shape index (κ2) is 6.85. The van der Waals surface area contributed by atoms with E-state index in [0.717, 1.165) is 24.9 Å². The van der Waals surface area contributed by atoms with Gasteiger partial charge in [0, 0.05) is 19.1 Å². The maximum Gasteiger partial charge on any atom is 0.211 e. The van der Waals surface area contributed by atoms with Crippen LogP contribution in [0.5, 0.6) is 0 Å². The van der Waals surface area contributed by atoms with Gasteiger partial charge in [0.1, 0.15) is 5.82 Å². The fourth-order valence-corrected chi connectivity index (χ4v) is 3.65. The molecule has 118 valence electrons. The predicted octanol–water partition coefficient (Wildman–Crippen LogP) is 2.15. The molecule has 1 heterocycles. The maximum atomic E-state index is 12.9. The molecule has 0 bridgehead atoms. The van der Waals surface area contributed by atoms with E-state index in [9.17, 15) is 12.8 Å². The second-order valence-corrected chi connectivity index (χ2v) is 7.79. The fourth-order valence-electron chi connectivity index (χ4n) is 2.71. The summed E-state index contributed by atoms with van der Waals surface area (Å²) in [5, 5.41) is 3.42. The van der Waals surface area contributed by atoms with Gasteiger partial charge in [0.15, 0.2) is 0 Å². The van der Waals surface area contributed by atoms with Crippen LogP contribution in [0.25, 0.3) is 0 Å². The van der Waals surface area contributed by atoms with E-state index in [1.165, 1.54) is 18.4 Å². The number of rotatable bonds is 5. The molecular weight excluding hydrogens is 291 g/mol. The van der Waals surface area contributed by atoms with Crippen molar-refractivity contribution in [3.8, 4) is 0 Å². The van der Waals surface area contributed by atoms with Crippen molar-refractivity contribution in [2.75, 3.05) is 25.9 Å². The van der Waals surface area contributed by atoms with Crippen LogP contribution in [0.3, 0.4) is 0 Å². The van der Waals surface area contributed by atoms with E-state index in [0.29, 0.717) is 19.0 Å². The Morgan fingerprint density at radius 2 is 2.05 bits per heavy atom. The van der Waals surface area contributed by atoms with Gasteiger partial charge >= 0.3 is 0 Å². The third-order valence-corrected chi connectivity index (χ3v) is 5.30. The van der Waals surface area contributed by atoms with Crippen LogP contribution in [-0.2, 0) is 10.0 Å². The molecule has 2 rings (SSSR count). The number of sulfonamides is 1. The molecule has 0 spiro atoms. The number of nitrogens with one attached hydrogen (secondary N) is 1. The van der Waals surface area contributed by atoms with E-state index in [1.807, 2.05) is 6.92 Å². The first kappa shape index (κ1) is 16.4. The summed E-state index contributed by atoms with van der Waals surface area (Å²) in [6.45, 7) is 4.01. The Morgan fingerprint density at radius 1 is 1.38 bits per heavy atom. The molecule has 4 nitrogen and oxygen atoms in total. The van der Waals surface area contributed by atoms with E-state index in [1.54, 1.807) is 16.4 Å². The van der Waals surface area contributed by atoms with Crippen LogP contribution in [0.1, 0.15) is 31.4 Å². The fraction of sp³-hybridized carbons (Fsp3) is 0.600. The summed E-state index contributed by atoms with van der Waals surface area (Å²) in [7, 11) is -3.09. The maximum absolute atomic E-state index is 12.9. The van der Waals surface area contributed by atoms with Gasteiger partial charge < -0.3 is 5.32 Å². The lowest BCUT2D eigenvalue weighted by Gasteiger charge is -2.31. The molecule has 0 aromatic heterocycles. The van der Waals surface area contributed by atoms with Crippen LogP contribution in [0, 0.1) is 11.7 Å². The zero-order valence-electron chi connectivity index (χ0n) is 12.5. The number of benzene rings is 1. The van der Waals surface area contributed by atoms with Crippen LogP contribution in [0.15, 0.2) is 24.3 Å². The van der Waals surface area contributed by atoms with Crippen LogP contribution in [0.2, 0.25) is 0 Å². The van der Waals surface area contributed by atoms with E-state index in [4.69, 9.17) is 0 Å². The molecule has 1 aliphatic heterocycles. The minimum Gasteiger partial charge on any atom is -0.310 e. The Hall–Kier alpha value is -0.980. The summed E-state index contributed by atoms with van der Waals surface area (Å²) < 4.78 is 37.6. The van der Waals surface area contributed by atoms with Gasteiger partial charge in [0.25, 0.3) is 0 Å². The summed E-state index contributed by atoms with van der Waals surface area (Å²) in [6, 6.07) is 6.59. The summed E-state index contributed by atoms with van der Waals surface area (Å²) in [5.41, 5.74) is 1.03. The van der Waals surface area contributed by atoms with Crippen molar-refractivity contribution in [2.45, 2.75) is 25.8 Å². The van der Waals surface area contributed by atoms with Crippen LogP contribution in [0.4, 0.5) is 4.39 Å². The molecule has 1 fully saturated rings. The topological polar surface area (TPSA) is 49.4 Å². The van der Waals surface area contributed by atoms with Crippen molar-refractivity contribution >= 4 is 10.0 Å². The van der Waals surface area contributed by atoms with Crippen molar-refractivity contribution in [3.63, 3.8) is 0 Å². The van der Waals surface area contributed by atoms with Gasteiger partial charge in [-0.05, 0) is 49.9 Å². The molecule has 0 aliphatic carbocycles. The molecule has 1 aromatic rings. The number of piperidine rings is 1. The zero-order chi connectivity index (χ0) is 15.5. The second-order valence-electron chi connectivity index (χ2n) is 5.81. The van der Waals surface area contributed by atoms with Gasteiger partial charge in [-0.25, -0.2) is 17.1 Å². The summed E-state index contributed by atoms with van der Waals surface area (Å²) in [4.78, 5) is 0. The molecule has 2 atom stereocenters. The van der Waals surface area contributed by atoms with Gasteiger partial charge in [-0.1, -0.05) is 12.1 Å². The number of hydrogen-bond donors (Lipinski definition) is 1. The molecule has 0 radical (unpaired) electrons. The molecule has 1 aliphatic rings. The molecule has 1 N–H and O–H groups in total. The lowest BCUT2D eigenvalue weighted by molar-refractivity contribution is 0.257. The summed E-state index contributed by atoms with van der Waals surface area (Å²) in [5.74, 6) is 0.0957. The van der Waals surface area contributed by atoms with E-state index >= 15 is 0 Å². The Kier molecular flexibility index (Phi) is 5.35. The largest absolute Gasteiger partial charge is 0.310 e.